The molecule has 20 heavy (non-hydrogen) atoms. The molecule has 1 fully saturated rings. The molecule has 1 aliphatic rings. The molecule has 1 unspecified atom stereocenters. The monoisotopic (exact) mass is 300 g/mol. The molecule has 1 aromatic rings. The molecule has 0 aromatic heterocycles. The first-order valence-corrected chi connectivity index (χ1v) is 6.95. The van der Waals surface area contributed by atoms with Crippen molar-refractivity contribution in [1.29, 1.82) is 0 Å². The number of nitrogens with zero attached hydrogens (tertiary/aromatic N) is 1. The van der Waals surface area contributed by atoms with Crippen LogP contribution >= 0.6 is 12.4 Å². The Bertz CT molecular complexity index is 436. The van der Waals surface area contributed by atoms with Crippen molar-refractivity contribution < 1.29 is 9.18 Å². The Kier molecular flexibility index (Phi) is 6.96. The number of amides is 1. The van der Waals surface area contributed by atoms with Crippen molar-refractivity contribution in [1.82, 2.24) is 10.2 Å². The van der Waals surface area contributed by atoms with E-state index >= 15 is 0 Å². The molecule has 1 atom stereocenters. The van der Waals surface area contributed by atoms with Crippen molar-refractivity contribution in [3.05, 3.63) is 35.6 Å². The summed E-state index contributed by atoms with van der Waals surface area (Å²) in [6.45, 7) is 4.69. The van der Waals surface area contributed by atoms with Crippen LogP contribution in [0.4, 0.5) is 4.39 Å². The Morgan fingerprint density at radius 2 is 2.30 bits per heavy atom. The van der Waals surface area contributed by atoms with E-state index in [2.05, 4.69) is 12.2 Å². The maximum atomic E-state index is 13.1. The molecule has 5 heteroatoms. The second-order valence-corrected chi connectivity index (χ2v) is 5.04. The van der Waals surface area contributed by atoms with Crippen LogP contribution in [0.2, 0.25) is 0 Å². The number of hydrogen-bond acceptors (Lipinski definition) is 2. The summed E-state index contributed by atoms with van der Waals surface area (Å²) in [5, 5.41) is 3.29. The van der Waals surface area contributed by atoms with Crippen LogP contribution in [0.1, 0.15) is 25.3 Å². The van der Waals surface area contributed by atoms with Gasteiger partial charge in [0, 0.05) is 19.1 Å². The number of benzene rings is 1. The molecule has 1 N–H and O–H groups in total. The number of carbonyl (C=O) groups is 1. The summed E-state index contributed by atoms with van der Waals surface area (Å²) in [6.07, 6.45) is 2.24. The third kappa shape index (κ3) is 4.46. The lowest BCUT2D eigenvalue weighted by atomic mass is 10.1. The van der Waals surface area contributed by atoms with E-state index in [0.29, 0.717) is 6.04 Å². The van der Waals surface area contributed by atoms with Crippen LogP contribution in [-0.2, 0) is 11.2 Å². The topological polar surface area (TPSA) is 32.3 Å². The normalized spacial score (nSPS) is 17.6. The van der Waals surface area contributed by atoms with E-state index in [-0.39, 0.29) is 30.6 Å². The molecule has 1 amide bonds. The summed E-state index contributed by atoms with van der Waals surface area (Å²) < 4.78 is 13.1. The van der Waals surface area contributed by atoms with Gasteiger partial charge in [0.05, 0.1) is 6.42 Å². The molecule has 1 saturated heterocycles. The zero-order chi connectivity index (χ0) is 13.7. The minimum atomic E-state index is -0.283. The molecular weight excluding hydrogens is 279 g/mol. The summed E-state index contributed by atoms with van der Waals surface area (Å²) in [6, 6.07) is 6.59. The van der Waals surface area contributed by atoms with E-state index in [0.717, 1.165) is 38.0 Å². The van der Waals surface area contributed by atoms with Crippen LogP contribution in [0, 0.1) is 5.82 Å². The molecule has 112 valence electrons. The molecule has 0 bridgehead atoms. The molecule has 0 spiro atoms. The molecule has 1 aliphatic heterocycles. The lowest BCUT2D eigenvalue weighted by Gasteiger charge is -2.28. The Hall–Kier alpha value is -1.13. The Labute approximate surface area is 125 Å². The smallest absolute Gasteiger partial charge is 0.227 e. The first-order chi connectivity index (χ1) is 9.20. The molecule has 0 radical (unpaired) electrons. The fourth-order valence-corrected chi connectivity index (χ4v) is 2.58. The highest BCUT2D eigenvalue weighted by Gasteiger charge is 2.25. The lowest BCUT2D eigenvalue weighted by molar-refractivity contribution is -0.132. The standard InChI is InChI=1S/C15H21FN2O.ClH/c1-2-8-18(14-6-7-17-11-14)15(19)10-12-4-3-5-13(16)9-12;/h3-5,9,14,17H,2,6-8,10-11H2,1H3;1H. The van der Waals surface area contributed by atoms with Crippen molar-refractivity contribution in [2.24, 2.45) is 0 Å². The van der Waals surface area contributed by atoms with Crippen LogP contribution in [0.3, 0.4) is 0 Å². The van der Waals surface area contributed by atoms with Crippen molar-refractivity contribution in [3.63, 3.8) is 0 Å². The molecule has 0 aliphatic carbocycles. The third-order valence-electron chi connectivity index (χ3n) is 3.50. The quantitative estimate of drug-likeness (QED) is 0.905. The fraction of sp³-hybridized carbons (Fsp3) is 0.533. The summed E-state index contributed by atoms with van der Waals surface area (Å²) in [5.41, 5.74) is 0.747. The molecule has 3 nitrogen and oxygen atoms in total. The average Bonchev–Trinajstić information content (AvgIpc) is 2.89. The van der Waals surface area contributed by atoms with E-state index in [1.165, 1.54) is 12.1 Å². The fourth-order valence-electron chi connectivity index (χ4n) is 2.58. The van der Waals surface area contributed by atoms with Crippen LogP contribution in [0.25, 0.3) is 0 Å². The van der Waals surface area contributed by atoms with Crippen LogP contribution in [0.15, 0.2) is 24.3 Å². The number of rotatable bonds is 5. The minimum absolute atomic E-state index is 0. The van der Waals surface area contributed by atoms with E-state index in [1.807, 2.05) is 4.90 Å². The van der Waals surface area contributed by atoms with E-state index in [1.54, 1.807) is 12.1 Å². The Morgan fingerprint density at radius 3 is 2.90 bits per heavy atom. The maximum Gasteiger partial charge on any atom is 0.227 e. The summed E-state index contributed by atoms with van der Waals surface area (Å²) in [7, 11) is 0. The van der Waals surface area contributed by atoms with Crippen molar-refractivity contribution in [2.45, 2.75) is 32.2 Å². The first kappa shape index (κ1) is 16.9. The highest BCUT2D eigenvalue weighted by atomic mass is 35.5. The predicted molar refractivity (Wildman–Crippen MR) is 80.6 cm³/mol. The largest absolute Gasteiger partial charge is 0.338 e. The average molecular weight is 301 g/mol. The number of hydrogen-bond donors (Lipinski definition) is 1. The lowest BCUT2D eigenvalue weighted by Crippen LogP contribution is -2.42. The van der Waals surface area contributed by atoms with Gasteiger partial charge in [0.15, 0.2) is 0 Å². The van der Waals surface area contributed by atoms with E-state index < -0.39 is 0 Å². The van der Waals surface area contributed by atoms with Gasteiger partial charge in [0.25, 0.3) is 0 Å². The van der Waals surface area contributed by atoms with Gasteiger partial charge in [-0.15, -0.1) is 12.4 Å². The SMILES string of the molecule is CCCN(C(=O)Cc1cccc(F)c1)C1CCNC1.Cl. The molecular formula is C15H22ClFN2O. The summed E-state index contributed by atoms with van der Waals surface area (Å²) in [5.74, 6) is -0.184. The van der Waals surface area contributed by atoms with Gasteiger partial charge < -0.3 is 10.2 Å². The van der Waals surface area contributed by atoms with Gasteiger partial charge >= 0.3 is 0 Å². The zero-order valence-electron chi connectivity index (χ0n) is 11.8. The van der Waals surface area contributed by atoms with E-state index in [4.69, 9.17) is 0 Å². The van der Waals surface area contributed by atoms with Crippen LogP contribution in [-0.4, -0.2) is 36.5 Å². The van der Waals surface area contributed by atoms with Crippen molar-refractivity contribution >= 4 is 18.3 Å². The highest BCUT2D eigenvalue weighted by molar-refractivity contribution is 5.85. The van der Waals surface area contributed by atoms with Crippen LogP contribution in [0.5, 0.6) is 0 Å². The summed E-state index contributed by atoms with van der Waals surface area (Å²) in [4.78, 5) is 14.3. The molecule has 1 heterocycles. The second kappa shape index (κ2) is 8.22. The summed E-state index contributed by atoms with van der Waals surface area (Å²) >= 11 is 0. The number of nitrogens with one attached hydrogen (secondary N) is 1. The maximum absolute atomic E-state index is 13.1. The minimum Gasteiger partial charge on any atom is -0.338 e. The predicted octanol–water partition coefficient (Wildman–Crippen LogP) is 2.39. The van der Waals surface area contributed by atoms with Gasteiger partial charge in [-0.2, -0.15) is 0 Å². The van der Waals surface area contributed by atoms with E-state index in [9.17, 15) is 9.18 Å². The number of halogens is 2. The van der Waals surface area contributed by atoms with Crippen LogP contribution < -0.4 is 5.32 Å². The zero-order valence-corrected chi connectivity index (χ0v) is 12.6. The molecule has 1 aromatic carbocycles. The Morgan fingerprint density at radius 1 is 1.50 bits per heavy atom. The van der Waals surface area contributed by atoms with Crippen molar-refractivity contribution in [3.8, 4) is 0 Å². The van der Waals surface area contributed by atoms with Gasteiger partial charge in [-0.1, -0.05) is 19.1 Å². The van der Waals surface area contributed by atoms with Gasteiger partial charge in [-0.05, 0) is 37.1 Å². The first-order valence-electron chi connectivity index (χ1n) is 6.95. The third-order valence-corrected chi connectivity index (χ3v) is 3.50. The van der Waals surface area contributed by atoms with Gasteiger partial charge in [0.2, 0.25) is 5.91 Å². The molecule has 2 rings (SSSR count). The van der Waals surface area contributed by atoms with Gasteiger partial charge in [0.1, 0.15) is 5.82 Å². The highest BCUT2D eigenvalue weighted by Crippen LogP contribution is 2.13. The Balaban J connectivity index is 0.00000200. The molecule has 0 saturated carbocycles. The van der Waals surface area contributed by atoms with Gasteiger partial charge in [-0.3, -0.25) is 4.79 Å². The second-order valence-electron chi connectivity index (χ2n) is 5.04. The van der Waals surface area contributed by atoms with Gasteiger partial charge in [-0.25, -0.2) is 4.39 Å². The number of carbonyl (C=O) groups excluding carboxylic acids is 1. The van der Waals surface area contributed by atoms with Crippen molar-refractivity contribution in [2.75, 3.05) is 19.6 Å².